The molecule has 1 aromatic rings. The fraction of sp³-hybridized carbons (Fsp3) is 0.583. The first-order valence-electron chi connectivity index (χ1n) is 5.86. The van der Waals surface area contributed by atoms with Gasteiger partial charge < -0.3 is 18.9 Å². The zero-order chi connectivity index (χ0) is 13.8. The Hall–Kier alpha value is -1.75. The lowest BCUT2D eigenvalue weighted by Crippen LogP contribution is -2.12. The van der Waals surface area contributed by atoms with E-state index < -0.39 is 0 Å². The van der Waals surface area contributed by atoms with Crippen LogP contribution in [0.1, 0.15) is 5.69 Å². The highest BCUT2D eigenvalue weighted by Gasteiger charge is 1.97. The van der Waals surface area contributed by atoms with Gasteiger partial charge in [-0.1, -0.05) is 0 Å². The van der Waals surface area contributed by atoms with E-state index in [4.69, 9.17) is 24.2 Å². The number of ether oxygens (including phenoxy) is 4. The van der Waals surface area contributed by atoms with Crippen LogP contribution in [-0.4, -0.2) is 56.7 Å². The van der Waals surface area contributed by atoms with Crippen molar-refractivity contribution >= 4 is 0 Å². The van der Waals surface area contributed by atoms with Crippen LogP contribution in [0.3, 0.4) is 0 Å². The van der Waals surface area contributed by atoms with Gasteiger partial charge in [0.25, 0.3) is 0 Å². The molecule has 0 saturated carbocycles. The predicted molar refractivity (Wildman–Crippen MR) is 65.8 cm³/mol. The predicted octanol–water partition coefficient (Wildman–Crippen LogP) is 0.407. The van der Waals surface area contributed by atoms with E-state index in [1.165, 1.54) is 12.4 Å². The third-order valence-corrected chi connectivity index (χ3v) is 2.02. The summed E-state index contributed by atoms with van der Waals surface area (Å²) in [5, 5.41) is 8.55. The van der Waals surface area contributed by atoms with Crippen molar-refractivity contribution < 1.29 is 18.9 Å². The Morgan fingerprint density at radius 3 is 2.26 bits per heavy atom. The average molecular weight is 267 g/mol. The molecule has 0 aliphatic heterocycles. The van der Waals surface area contributed by atoms with Gasteiger partial charge in [-0.05, 0) is 0 Å². The largest absolute Gasteiger partial charge is 0.474 e. The quantitative estimate of drug-likeness (QED) is 0.567. The summed E-state index contributed by atoms with van der Waals surface area (Å²) in [5.41, 5.74) is 0.261. The van der Waals surface area contributed by atoms with E-state index in [2.05, 4.69) is 9.97 Å². The minimum Gasteiger partial charge on any atom is -0.474 e. The summed E-state index contributed by atoms with van der Waals surface area (Å²) in [6.07, 6.45) is 2.77. The number of hydrogen-bond acceptors (Lipinski definition) is 7. The number of methoxy groups -OCH3 is 1. The number of nitriles is 1. The van der Waals surface area contributed by atoms with E-state index in [1.54, 1.807) is 7.11 Å². The van der Waals surface area contributed by atoms with Crippen molar-refractivity contribution in [2.45, 2.75) is 0 Å². The van der Waals surface area contributed by atoms with Crippen LogP contribution in [0.2, 0.25) is 0 Å². The van der Waals surface area contributed by atoms with Gasteiger partial charge in [0.2, 0.25) is 5.88 Å². The molecule has 0 bridgehead atoms. The van der Waals surface area contributed by atoms with Crippen molar-refractivity contribution in [3.05, 3.63) is 18.1 Å². The Morgan fingerprint density at radius 2 is 1.68 bits per heavy atom. The summed E-state index contributed by atoms with van der Waals surface area (Å²) in [5.74, 6) is 0.374. The second kappa shape index (κ2) is 10.2. The SMILES string of the molecule is COCCOCCOCCOc1cnc(C#N)cn1. The molecule has 0 spiro atoms. The van der Waals surface area contributed by atoms with Gasteiger partial charge in [0, 0.05) is 7.11 Å². The molecule has 0 amide bonds. The summed E-state index contributed by atoms with van der Waals surface area (Å²) in [6.45, 7) is 3.00. The summed E-state index contributed by atoms with van der Waals surface area (Å²) >= 11 is 0. The normalized spacial score (nSPS) is 10.1. The fourth-order valence-electron chi connectivity index (χ4n) is 1.12. The van der Waals surface area contributed by atoms with Gasteiger partial charge in [0.15, 0.2) is 5.69 Å². The van der Waals surface area contributed by atoms with Gasteiger partial charge in [-0.15, -0.1) is 0 Å². The maximum atomic E-state index is 8.55. The van der Waals surface area contributed by atoms with Crippen molar-refractivity contribution in [3.8, 4) is 11.9 Å². The monoisotopic (exact) mass is 267 g/mol. The van der Waals surface area contributed by atoms with E-state index in [0.717, 1.165) is 0 Å². The highest BCUT2D eigenvalue weighted by molar-refractivity contribution is 5.18. The van der Waals surface area contributed by atoms with Gasteiger partial charge in [0.05, 0.1) is 45.4 Å². The van der Waals surface area contributed by atoms with Crippen LogP contribution >= 0.6 is 0 Å². The van der Waals surface area contributed by atoms with Gasteiger partial charge in [0.1, 0.15) is 12.7 Å². The maximum absolute atomic E-state index is 8.55. The van der Waals surface area contributed by atoms with Crippen molar-refractivity contribution in [1.82, 2.24) is 9.97 Å². The molecule has 0 saturated heterocycles. The Kier molecular flexibility index (Phi) is 8.22. The van der Waals surface area contributed by atoms with Gasteiger partial charge in [-0.25, -0.2) is 9.97 Å². The topological polar surface area (TPSA) is 86.5 Å². The molecule has 1 rings (SSSR count). The molecule has 0 unspecified atom stereocenters. The van der Waals surface area contributed by atoms with Crippen LogP contribution in [0.15, 0.2) is 12.4 Å². The van der Waals surface area contributed by atoms with Crippen LogP contribution in [0.25, 0.3) is 0 Å². The molecule has 1 aromatic heterocycles. The van der Waals surface area contributed by atoms with Gasteiger partial charge >= 0.3 is 0 Å². The first kappa shape index (κ1) is 15.3. The van der Waals surface area contributed by atoms with Crippen LogP contribution in [0, 0.1) is 11.3 Å². The van der Waals surface area contributed by atoms with E-state index in [1.807, 2.05) is 6.07 Å². The molecule has 7 nitrogen and oxygen atoms in total. The van der Waals surface area contributed by atoms with Gasteiger partial charge in [-0.3, -0.25) is 0 Å². The molecular formula is C12H17N3O4. The van der Waals surface area contributed by atoms with E-state index in [0.29, 0.717) is 45.5 Å². The Balaban J connectivity index is 1.97. The molecule has 0 atom stereocenters. The highest BCUT2D eigenvalue weighted by Crippen LogP contribution is 2.02. The van der Waals surface area contributed by atoms with Crippen molar-refractivity contribution in [1.29, 1.82) is 5.26 Å². The number of rotatable bonds is 10. The molecule has 0 radical (unpaired) electrons. The molecule has 104 valence electrons. The third kappa shape index (κ3) is 7.31. The minimum absolute atomic E-state index is 0.261. The van der Waals surface area contributed by atoms with E-state index in [9.17, 15) is 0 Å². The molecule has 0 aliphatic carbocycles. The molecule has 0 N–H and O–H groups in total. The third-order valence-electron chi connectivity index (χ3n) is 2.02. The molecule has 19 heavy (non-hydrogen) atoms. The molecule has 0 aliphatic rings. The number of nitrogens with zero attached hydrogens (tertiary/aromatic N) is 3. The summed E-state index contributed by atoms with van der Waals surface area (Å²) in [4.78, 5) is 7.75. The number of hydrogen-bond donors (Lipinski definition) is 0. The summed E-state index contributed by atoms with van der Waals surface area (Å²) < 4.78 is 20.6. The van der Waals surface area contributed by atoms with Crippen LogP contribution in [0.5, 0.6) is 5.88 Å². The Bertz CT molecular complexity index is 378. The molecule has 0 fully saturated rings. The smallest absolute Gasteiger partial charge is 0.232 e. The highest BCUT2D eigenvalue weighted by atomic mass is 16.6. The van der Waals surface area contributed by atoms with Crippen LogP contribution in [-0.2, 0) is 14.2 Å². The van der Waals surface area contributed by atoms with E-state index >= 15 is 0 Å². The summed E-state index contributed by atoms with van der Waals surface area (Å²) in [6, 6.07) is 1.88. The Labute approximate surface area is 112 Å². The van der Waals surface area contributed by atoms with Crippen molar-refractivity contribution in [2.24, 2.45) is 0 Å². The molecule has 0 aromatic carbocycles. The lowest BCUT2D eigenvalue weighted by atomic mass is 10.5. The lowest BCUT2D eigenvalue weighted by Gasteiger charge is -2.06. The maximum Gasteiger partial charge on any atom is 0.232 e. The zero-order valence-electron chi connectivity index (χ0n) is 10.9. The first-order valence-corrected chi connectivity index (χ1v) is 5.86. The number of aromatic nitrogens is 2. The standard InChI is InChI=1S/C12H17N3O4/c1-16-2-3-17-4-5-18-6-7-19-12-10-14-11(8-13)9-15-12/h9-10H,2-7H2,1H3. The van der Waals surface area contributed by atoms with Crippen molar-refractivity contribution in [3.63, 3.8) is 0 Å². The second-order valence-electron chi connectivity index (χ2n) is 3.42. The van der Waals surface area contributed by atoms with E-state index in [-0.39, 0.29) is 5.69 Å². The van der Waals surface area contributed by atoms with Crippen LogP contribution in [0.4, 0.5) is 0 Å². The minimum atomic E-state index is 0.261. The van der Waals surface area contributed by atoms with Crippen molar-refractivity contribution in [2.75, 3.05) is 46.8 Å². The summed E-state index contributed by atoms with van der Waals surface area (Å²) in [7, 11) is 1.63. The van der Waals surface area contributed by atoms with Crippen LogP contribution < -0.4 is 4.74 Å². The molecular weight excluding hydrogens is 250 g/mol. The lowest BCUT2D eigenvalue weighted by molar-refractivity contribution is 0.0176. The molecule has 1 heterocycles. The zero-order valence-corrected chi connectivity index (χ0v) is 10.9. The first-order chi connectivity index (χ1) is 9.36. The van der Waals surface area contributed by atoms with Gasteiger partial charge in [-0.2, -0.15) is 5.26 Å². The fourth-order valence-corrected chi connectivity index (χ4v) is 1.12. The second-order valence-corrected chi connectivity index (χ2v) is 3.42. The average Bonchev–Trinajstić information content (AvgIpc) is 2.46. The molecule has 7 heteroatoms. The Morgan fingerprint density at radius 1 is 1.00 bits per heavy atom.